The van der Waals surface area contributed by atoms with Crippen molar-refractivity contribution in [2.24, 2.45) is 5.73 Å². The van der Waals surface area contributed by atoms with Gasteiger partial charge in [0, 0.05) is 60.1 Å². The molecule has 4 rings (SSSR count). The Balaban J connectivity index is 1.53. The number of nitrogens with zero attached hydrogens (tertiary/aromatic N) is 3. The van der Waals surface area contributed by atoms with Crippen molar-refractivity contribution in [3.63, 3.8) is 0 Å². The van der Waals surface area contributed by atoms with E-state index in [-0.39, 0.29) is 11.8 Å². The van der Waals surface area contributed by atoms with Crippen LogP contribution in [0.5, 0.6) is 0 Å². The van der Waals surface area contributed by atoms with Gasteiger partial charge in [-0.2, -0.15) is 0 Å². The number of thiazole rings is 1. The molecule has 0 aliphatic carbocycles. The molecular weight excluding hydrogens is 356 g/mol. The van der Waals surface area contributed by atoms with Gasteiger partial charge in [0.25, 0.3) is 0 Å². The maximum absolute atomic E-state index is 12.8. The first kappa shape index (κ1) is 17.8. The van der Waals surface area contributed by atoms with Crippen molar-refractivity contribution >= 4 is 22.8 Å². The van der Waals surface area contributed by atoms with Crippen LogP contribution in [0.4, 0.5) is 5.69 Å². The zero-order chi connectivity index (χ0) is 18.6. The van der Waals surface area contributed by atoms with Crippen LogP contribution in [-0.2, 0) is 6.42 Å². The van der Waals surface area contributed by atoms with Crippen molar-refractivity contribution in [1.29, 1.82) is 0 Å². The highest BCUT2D eigenvalue weighted by atomic mass is 32.1. The van der Waals surface area contributed by atoms with Gasteiger partial charge >= 0.3 is 0 Å². The van der Waals surface area contributed by atoms with E-state index in [9.17, 15) is 4.79 Å². The van der Waals surface area contributed by atoms with Crippen LogP contribution in [0, 0.1) is 0 Å². The zero-order valence-electron chi connectivity index (χ0n) is 15.0. The van der Waals surface area contributed by atoms with Crippen LogP contribution in [0.2, 0.25) is 0 Å². The third-order valence-electron chi connectivity index (χ3n) is 4.84. The molecule has 27 heavy (non-hydrogen) atoms. The first-order valence-corrected chi connectivity index (χ1v) is 10.1. The summed E-state index contributed by atoms with van der Waals surface area (Å²) in [7, 11) is 0. The standard InChI is InChI=1S/C21H22N4OS/c22-17-7-4-10-25(13-17)19-8-9-23-12-16(19)11-20(26)18-14-27-21(24-18)15-5-2-1-3-6-15/h1-3,5-6,8-9,12,14,17H,4,7,10-11,13,22H2/t17-/m0/s1. The Kier molecular flexibility index (Phi) is 5.27. The van der Waals surface area contributed by atoms with E-state index in [2.05, 4.69) is 14.9 Å². The van der Waals surface area contributed by atoms with E-state index in [1.165, 1.54) is 11.3 Å². The highest BCUT2D eigenvalue weighted by Crippen LogP contribution is 2.26. The summed E-state index contributed by atoms with van der Waals surface area (Å²) in [5.41, 5.74) is 9.68. The Bertz CT molecular complexity index is 925. The summed E-state index contributed by atoms with van der Waals surface area (Å²) in [5.74, 6) is 0.0176. The maximum Gasteiger partial charge on any atom is 0.186 e. The van der Waals surface area contributed by atoms with Gasteiger partial charge in [-0.3, -0.25) is 9.78 Å². The molecule has 1 aromatic carbocycles. The first-order valence-electron chi connectivity index (χ1n) is 9.18. The molecule has 138 valence electrons. The summed E-state index contributed by atoms with van der Waals surface area (Å²) >= 11 is 1.50. The summed E-state index contributed by atoms with van der Waals surface area (Å²) < 4.78 is 0. The molecule has 0 amide bonds. The molecule has 0 bridgehead atoms. The van der Waals surface area contributed by atoms with Gasteiger partial charge in [-0.25, -0.2) is 4.98 Å². The van der Waals surface area contributed by atoms with Gasteiger partial charge in [-0.05, 0) is 18.9 Å². The van der Waals surface area contributed by atoms with E-state index in [0.717, 1.165) is 47.8 Å². The number of nitrogens with two attached hydrogens (primary N) is 1. The van der Waals surface area contributed by atoms with Crippen LogP contribution >= 0.6 is 11.3 Å². The summed E-state index contributed by atoms with van der Waals surface area (Å²) in [4.78, 5) is 23.9. The number of aromatic nitrogens is 2. The lowest BCUT2D eigenvalue weighted by Gasteiger charge is -2.33. The van der Waals surface area contributed by atoms with Crippen LogP contribution < -0.4 is 10.6 Å². The SMILES string of the molecule is N[C@H]1CCCN(c2ccncc2CC(=O)c2csc(-c3ccccc3)n2)C1. The number of pyridine rings is 1. The van der Waals surface area contributed by atoms with Crippen LogP contribution in [0.1, 0.15) is 28.9 Å². The Labute approximate surface area is 162 Å². The van der Waals surface area contributed by atoms with Crippen molar-refractivity contribution < 1.29 is 4.79 Å². The number of hydrogen-bond acceptors (Lipinski definition) is 6. The third-order valence-corrected chi connectivity index (χ3v) is 5.73. The van der Waals surface area contributed by atoms with E-state index in [0.29, 0.717) is 12.1 Å². The molecular formula is C21H22N4OS. The predicted molar refractivity (Wildman–Crippen MR) is 109 cm³/mol. The van der Waals surface area contributed by atoms with E-state index in [1.807, 2.05) is 41.8 Å². The molecule has 5 nitrogen and oxygen atoms in total. The van der Waals surface area contributed by atoms with Gasteiger partial charge < -0.3 is 10.6 Å². The second kappa shape index (κ2) is 7.98. The number of anilines is 1. The molecule has 3 aromatic rings. The summed E-state index contributed by atoms with van der Waals surface area (Å²) in [6, 6.07) is 12.1. The number of piperidine rings is 1. The molecule has 0 radical (unpaired) electrons. The Hall–Kier alpha value is -2.57. The molecule has 1 atom stereocenters. The van der Waals surface area contributed by atoms with Crippen molar-refractivity contribution in [1.82, 2.24) is 9.97 Å². The topological polar surface area (TPSA) is 72.1 Å². The van der Waals surface area contributed by atoms with E-state index < -0.39 is 0 Å². The minimum absolute atomic E-state index is 0.0176. The molecule has 1 fully saturated rings. The van der Waals surface area contributed by atoms with Gasteiger partial charge in [0.15, 0.2) is 5.78 Å². The van der Waals surface area contributed by atoms with Gasteiger partial charge in [-0.15, -0.1) is 11.3 Å². The summed E-state index contributed by atoms with van der Waals surface area (Å²) in [6.45, 7) is 1.79. The van der Waals surface area contributed by atoms with Crippen molar-refractivity contribution in [2.45, 2.75) is 25.3 Å². The largest absolute Gasteiger partial charge is 0.370 e. The highest BCUT2D eigenvalue weighted by Gasteiger charge is 2.21. The average Bonchev–Trinajstić information content (AvgIpc) is 3.19. The van der Waals surface area contributed by atoms with E-state index in [4.69, 9.17) is 5.73 Å². The normalized spacial score (nSPS) is 17.1. The van der Waals surface area contributed by atoms with Crippen LogP contribution in [0.25, 0.3) is 10.6 Å². The minimum Gasteiger partial charge on any atom is -0.370 e. The average molecular weight is 379 g/mol. The van der Waals surface area contributed by atoms with Crippen LogP contribution in [-0.4, -0.2) is 34.9 Å². The molecule has 3 heterocycles. The highest BCUT2D eigenvalue weighted by molar-refractivity contribution is 7.13. The monoisotopic (exact) mass is 378 g/mol. The lowest BCUT2D eigenvalue weighted by molar-refractivity contribution is 0.0989. The summed E-state index contributed by atoms with van der Waals surface area (Å²) in [5, 5.41) is 2.71. The van der Waals surface area contributed by atoms with E-state index in [1.54, 1.807) is 12.4 Å². The smallest absolute Gasteiger partial charge is 0.186 e. The first-order chi connectivity index (χ1) is 13.2. The second-order valence-electron chi connectivity index (χ2n) is 6.86. The number of rotatable bonds is 5. The molecule has 0 saturated carbocycles. The molecule has 2 N–H and O–H groups in total. The molecule has 1 aliphatic heterocycles. The van der Waals surface area contributed by atoms with Crippen LogP contribution in [0.15, 0.2) is 54.2 Å². The van der Waals surface area contributed by atoms with Gasteiger partial charge in [0.05, 0.1) is 0 Å². The zero-order valence-corrected chi connectivity index (χ0v) is 15.9. The quantitative estimate of drug-likeness (QED) is 0.687. The third kappa shape index (κ3) is 4.07. The maximum atomic E-state index is 12.8. The van der Waals surface area contributed by atoms with Crippen molar-refractivity contribution in [3.8, 4) is 10.6 Å². The number of hydrogen-bond donors (Lipinski definition) is 1. The Morgan fingerprint density at radius 2 is 2.11 bits per heavy atom. The molecule has 2 aromatic heterocycles. The van der Waals surface area contributed by atoms with Gasteiger partial charge in [-0.1, -0.05) is 30.3 Å². The van der Waals surface area contributed by atoms with Crippen molar-refractivity contribution in [3.05, 3.63) is 65.4 Å². The molecule has 6 heteroatoms. The Morgan fingerprint density at radius 1 is 1.26 bits per heavy atom. The number of carbonyl (C=O) groups is 1. The molecule has 0 spiro atoms. The fraction of sp³-hybridized carbons (Fsp3) is 0.286. The van der Waals surface area contributed by atoms with Crippen molar-refractivity contribution in [2.75, 3.05) is 18.0 Å². The molecule has 1 aliphatic rings. The van der Waals surface area contributed by atoms with Crippen LogP contribution in [0.3, 0.4) is 0 Å². The van der Waals surface area contributed by atoms with Gasteiger partial charge in [0.1, 0.15) is 10.7 Å². The number of benzene rings is 1. The second-order valence-corrected chi connectivity index (χ2v) is 7.71. The summed E-state index contributed by atoms with van der Waals surface area (Å²) in [6.07, 6.45) is 5.99. The lowest BCUT2D eigenvalue weighted by atomic mass is 10.0. The van der Waals surface area contributed by atoms with Gasteiger partial charge in [0.2, 0.25) is 0 Å². The molecule has 1 saturated heterocycles. The Morgan fingerprint density at radius 3 is 2.93 bits per heavy atom. The van der Waals surface area contributed by atoms with E-state index >= 15 is 0 Å². The number of ketones is 1. The number of carbonyl (C=O) groups excluding carboxylic acids is 1. The fourth-order valence-electron chi connectivity index (χ4n) is 3.47. The predicted octanol–water partition coefficient (Wildman–Crippen LogP) is 3.56. The lowest BCUT2D eigenvalue weighted by Crippen LogP contribution is -2.43. The number of Topliss-reactive ketones (excluding diaryl/α,β-unsaturated/α-hetero) is 1. The minimum atomic E-state index is 0.0176. The molecule has 0 unspecified atom stereocenters. The fourth-order valence-corrected chi connectivity index (χ4v) is 4.30.